The van der Waals surface area contributed by atoms with Crippen molar-refractivity contribution in [2.75, 3.05) is 32.1 Å². The normalized spacial score (nSPS) is 16.1. The highest BCUT2D eigenvalue weighted by atomic mass is 32.1. The molecule has 0 bridgehead atoms. The van der Waals surface area contributed by atoms with Gasteiger partial charge in [0.1, 0.15) is 24.2 Å². The Morgan fingerprint density at radius 1 is 1.30 bits per heavy atom. The first-order valence-corrected chi connectivity index (χ1v) is 9.28. The highest BCUT2D eigenvalue weighted by Gasteiger charge is 2.35. The molecule has 0 saturated carbocycles. The third kappa shape index (κ3) is 3.93. The SMILES string of the molecule is CN1CC(=O)N(CC(=O)OCC(=O)Nc2sc3c(c2C#N)CCCC3)C1=O. The number of ether oxygens (including phenoxy) is 1. The fraction of sp³-hybridized carbons (Fsp3) is 0.471. The first kappa shape index (κ1) is 18.8. The molecule has 0 spiro atoms. The number of nitriles is 1. The van der Waals surface area contributed by atoms with Gasteiger partial charge >= 0.3 is 12.0 Å². The fourth-order valence-corrected chi connectivity index (χ4v) is 4.34. The summed E-state index contributed by atoms with van der Waals surface area (Å²) in [6, 6.07) is 1.56. The van der Waals surface area contributed by atoms with Gasteiger partial charge in [0.15, 0.2) is 6.61 Å². The van der Waals surface area contributed by atoms with Crippen LogP contribution in [0.3, 0.4) is 0 Å². The van der Waals surface area contributed by atoms with Gasteiger partial charge in [0.05, 0.1) is 5.56 Å². The number of amides is 4. The number of hydrogen-bond acceptors (Lipinski definition) is 7. The number of esters is 1. The van der Waals surface area contributed by atoms with Gasteiger partial charge in [-0.25, -0.2) is 4.79 Å². The summed E-state index contributed by atoms with van der Waals surface area (Å²) in [4.78, 5) is 50.3. The zero-order chi connectivity index (χ0) is 19.6. The third-order valence-corrected chi connectivity index (χ3v) is 5.63. The van der Waals surface area contributed by atoms with Crippen LogP contribution in [0.25, 0.3) is 0 Å². The number of rotatable bonds is 5. The molecule has 2 aliphatic rings. The maximum absolute atomic E-state index is 12.1. The number of thiophene rings is 1. The van der Waals surface area contributed by atoms with Gasteiger partial charge in [-0.15, -0.1) is 11.3 Å². The lowest BCUT2D eigenvalue weighted by molar-refractivity contribution is -0.149. The lowest BCUT2D eigenvalue weighted by atomic mass is 9.96. The number of hydrogen-bond donors (Lipinski definition) is 1. The number of imide groups is 1. The van der Waals surface area contributed by atoms with E-state index >= 15 is 0 Å². The van der Waals surface area contributed by atoms with Crippen LogP contribution in [0.1, 0.15) is 28.8 Å². The maximum atomic E-state index is 12.1. The predicted molar refractivity (Wildman–Crippen MR) is 95.0 cm³/mol. The second kappa shape index (κ2) is 7.75. The van der Waals surface area contributed by atoms with Crippen LogP contribution in [0.2, 0.25) is 0 Å². The summed E-state index contributed by atoms with van der Waals surface area (Å²) < 4.78 is 4.85. The Balaban J connectivity index is 1.54. The van der Waals surface area contributed by atoms with Gasteiger partial charge in [-0.2, -0.15) is 5.26 Å². The number of likely N-dealkylation sites (N-methyl/N-ethyl adjacent to an activating group) is 1. The van der Waals surface area contributed by atoms with Crippen LogP contribution in [0.4, 0.5) is 9.80 Å². The summed E-state index contributed by atoms with van der Waals surface area (Å²) in [5, 5.41) is 12.5. The van der Waals surface area contributed by atoms with E-state index in [0.717, 1.165) is 41.0 Å². The number of carbonyl (C=O) groups excluding carboxylic acids is 4. The minimum Gasteiger partial charge on any atom is -0.454 e. The number of fused-ring (bicyclic) bond motifs is 1. The van der Waals surface area contributed by atoms with Gasteiger partial charge in [0.2, 0.25) is 0 Å². The van der Waals surface area contributed by atoms with Gasteiger partial charge in [-0.1, -0.05) is 0 Å². The number of nitrogens with one attached hydrogen (secondary N) is 1. The van der Waals surface area contributed by atoms with E-state index < -0.39 is 37.0 Å². The Bertz CT molecular complexity index is 856. The zero-order valence-electron chi connectivity index (χ0n) is 14.7. The standard InChI is InChI=1S/C17H18N4O5S/c1-20-7-14(23)21(17(20)25)8-15(24)26-9-13(22)19-16-11(6-18)10-4-2-3-5-12(10)27-16/h2-5,7-9H2,1H3,(H,19,22). The molecule has 1 aliphatic heterocycles. The topological polar surface area (TPSA) is 120 Å². The summed E-state index contributed by atoms with van der Waals surface area (Å²) >= 11 is 1.38. The van der Waals surface area contributed by atoms with E-state index in [1.54, 1.807) is 0 Å². The predicted octanol–water partition coefficient (Wildman–Crippen LogP) is 0.874. The molecular formula is C17H18N4O5S. The molecule has 0 unspecified atom stereocenters. The molecule has 9 nitrogen and oxygen atoms in total. The molecule has 10 heteroatoms. The lowest BCUT2D eigenvalue weighted by Crippen LogP contribution is -2.37. The van der Waals surface area contributed by atoms with Crippen LogP contribution in [-0.2, 0) is 32.0 Å². The van der Waals surface area contributed by atoms with E-state index in [1.807, 2.05) is 0 Å². The molecule has 1 N–H and O–H groups in total. The maximum Gasteiger partial charge on any atom is 0.327 e. The van der Waals surface area contributed by atoms with E-state index in [0.29, 0.717) is 10.6 Å². The monoisotopic (exact) mass is 390 g/mol. The van der Waals surface area contributed by atoms with E-state index in [9.17, 15) is 24.4 Å². The minimum absolute atomic E-state index is 0.0907. The van der Waals surface area contributed by atoms with Crippen molar-refractivity contribution in [1.29, 1.82) is 5.26 Å². The molecule has 142 valence electrons. The average Bonchev–Trinajstić information content (AvgIpc) is 3.11. The van der Waals surface area contributed by atoms with Crippen molar-refractivity contribution in [3.8, 4) is 6.07 Å². The smallest absolute Gasteiger partial charge is 0.327 e. The van der Waals surface area contributed by atoms with E-state index in [4.69, 9.17) is 4.74 Å². The molecule has 1 saturated heterocycles. The molecule has 1 aliphatic carbocycles. The summed E-state index contributed by atoms with van der Waals surface area (Å²) in [5.74, 6) is -1.92. The summed E-state index contributed by atoms with van der Waals surface area (Å²) in [6.07, 6.45) is 3.80. The quantitative estimate of drug-likeness (QED) is 0.588. The minimum atomic E-state index is -0.854. The van der Waals surface area contributed by atoms with Crippen LogP contribution in [-0.4, -0.2) is 60.4 Å². The molecule has 3 rings (SSSR count). The van der Waals surface area contributed by atoms with Gasteiger partial charge in [-0.05, 0) is 31.2 Å². The van der Waals surface area contributed by atoms with Gasteiger partial charge in [0, 0.05) is 11.9 Å². The molecular weight excluding hydrogens is 372 g/mol. The highest BCUT2D eigenvalue weighted by Crippen LogP contribution is 2.37. The summed E-state index contributed by atoms with van der Waals surface area (Å²) in [6.45, 7) is -1.18. The van der Waals surface area contributed by atoms with Crippen molar-refractivity contribution >= 4 is 40.2 Å². The first-order valence-electron chi connectivity index (χ1n) is 8.46. The van der Waals surface area contributed by atoms with E-state index in [2.05, 4.69) is 11.4 Å². The molecule has 27 heavy (non-hydrogen) atoms. The number of urea groups is 1. The molecule has 2 heterocycles. The number of anilines is 1. The molecule has 1 aromatic rings. The number of nitrogens with zero attached hydrogens (tertiary/aromatic N) is 3. The van der Waals surface area contributed by atoms with Crippen molar-refractivity contribution in [2.24, 2.45) is 0 Å². The van der Waals surface area contributed by atoms with Crippen molar-refractivity contribution in [2.45, 2.75) is 25.7 Å². The second-order valence-electron chi connectivity index (χ2n) is 6.35. The first-order chi connectivity index (χ1) is 12.9. The largest absolute Gasteiger partial charge is 0.454 e. The fourth-order valence-electron chi connectivity index (χ4n) is 3.08. The van der Waals surface area contributed by atoms with Crippen LogP contribution in [0, 0.1) is 11.3 Å². The van der Waals surface area contributed by atoms with Crippen LogP contribution in [0.15, 0.2) is 0 Å². The Labute approximate surface area is 159 Å². The Hall–Kier alpha value is -2.93. The highest BCUT2D eigenvalue weighted by molar-refractivity contribution is 7.16. The average molecular weight is 390 g/mol. The Morgan fingerprint density at radius 2 is 2.04 bits per heavy atom. The van der Waals surface area contributed by atoms with Crippen molar-refractivity contribution in [3.05, 3.63) is 16.0 Å². The van der Waals surface area contributed by atoms with Crippen LogP contribution >= 0.6 is 11.3 Å². The molecule has 0 atom stereocenters. The van der Waals surface area contributed by atoms with E-state index in [1.165, 1.54) is 23.3 Å². The van der Waals surface area contributed by atoms with E-state index in [-0.39, 0.29) is 6.54 Å². The Kier molecular flexibility index (Phi) is 5.41. The van der Waals surface area contributed by atoms with Gasteiger partial charge < -0.3 is 15.0 Å². The van der Waals surface area contributed by atoms with Crippen LogP contribution < -0.4 is 5.32 Å². The summed E-state index contributed by atoms with van der Waals surface area (Å²) in [7, 11) is 1.45. The summed E-state index contributed by atoms with van der Waals surface area (Å²) in [5.41, 5.74) is 1.47. The lowest BCUT2D eigenvalue weighted by Gasteiger charge is -2.13. The molecule has 4 amide bonds. The van der Waals surface area contributed by atoms with Crippen molar-refractivity contribution in [3.63, 3.8) is 0 Å². The molecule has 1 fully saturated rings. The van der Waals surface area contributed by atoms with Crippen LogP contribution in [0.5, 0.6) is 0 Å². The zero-order valence-corrected chi connectivity index (χ0v) is 15.6. The number of aryl methyl sites for hydroxylation is 1. The van der Waals surface area contributed by atoms with Crippen molar-refractivity contribution < 1.29 is 23.9 Å². The second-order valence-corrected chi connectivity index (χ2v) is 7.46. The Morgan fingerprint density at radius 3 is 2.70 bits per heavy atom. The molecule has 0 radical (unpaired) electrons. The molecule has 1 aromatic heterocycles. The molecule has 0 aromatic carbocycles. The van der Waals surface area contributed by atoms with Gasteiger partial charge in [-0.3, -0.25) is 19.3 Å². The third-order valence-electron chi connectivity index (χ3n) is 4.42. The van der Waals surface area contributed by atoms with Crippen molar-refractivity contribution in [1.82, 2.24) is 9.80 Å². The van der Waals surface area contributed by atoms with Gasteiger partial charge in [0.25, 0.3) is 11.8 Å². The number of carbonyl (C=O) groups is 4.